The van der Waals surface area contributed by atoms with E-state index >= 15 is 0 Å². The number of hydrogen-bond acceptors (Lipinski definition) is 5. The first-order valence-corrected chi connectivity index (χ1v) is 6.96. The summed E-state index contributed by atoms with van der Waals surface area (Å²) in [5, 5.41) is 8.89. The van der Waals surface area contributed by atoms with Crippen LogP contribution in [0.1, 0.15) is 6.42 Å². The van der Waals surface area contributed by atoms with Crippen LogP contribution in [0.15, 0.2) is 24.3 Å². The Kier molecular flexibility index (Phi) is 5.60. The number of hydrogen-bond donors (Lipinski definition) is 1. The molecule has 1 aliphatic rings. The van der Waals surface area contributed by atoms with Crippen LogP contribution in [0, 0.1) is 0 Å². The molecular formula is C15H19NO6. The molecule has 2 rings (SSSR count). The number of morpholine rings is 1. The first-order chi connectivity index (χ1) is 10.6. The predicted octanol–water partition coefficient (Wildman–Crippen LogP) is 0.776. The van der Waals surface area contributed by atoms with Gasteiger partial charge in [0.05, 0.1) is 32.8 Å². The van der Waals surface area contributed by atoms with E-state index in [1.54, 1.807) is 31.4 Å². The fraction of sp³-hybridized carbons (Fsp3) is 0.467. The molecule has 0 radical (unpaired) electrons. The Labute approximate surface area is 128 Å². The average Bonchev–Trinajstić information content (AvgIpc) is 2.53. The molecule has 1 aromatic rings. The van der Waals surface area contributed by atoms with Crippen LogP contribution in [-0.4, -0.2) is 61.4 Å². The van der Waals surface area contributed by atoms with Gasteiger partial charge >= 0.3 is 5.97 Å². The van der Waals surface area contributed by atoms with Gasteiger partial charge in [-0.25, -0.2) is 0 Å². The highest BCUT2D eigenvalue weighted by molar-refractivity contribution is 5.79. The molecule has 1 unspecified atom stereocenters. The Morgan fingerprint density at radius 3 is 2.91 bits per heavy atom. The van der Waals surface area contributed by atoms with Crippen molar-refractivity contribution in [2.75, 3.05) is 33.5 Å². The largest absolute Gasteiger partial charge is 0.497 e. The number of carbonyl (C=O) groups is 2. The van der Waals surface area contributed by atoms with Gasteiger partial charge in [-0.15, -0.1) is 0 Å². The van der Waals surface area contributed by atoms with E-state index in [1.807, 2.05) is 0 Å². The van der Waals surface area contributed by atoms with Gasteiger partial charge in [-0.2, -0.15) is 0 Å². The molecule has 0 aromatic heterocycles. The summed E-state index contributed by atoms with van der Waals surface area (Å²) in [6.45, 7) is 0.861. The second kappa shape index (κ2) is 7.65. The second-order valence-corrected chi connectivity index (χ2v) is 4.88. The minimum absolute atomic E-state index is 0.134. The highest BCUT2D eigenvalue weighted by Crippen LogP contribution is 2.19. The fourth-order valence-corrected chi connectivity index (χ4v) is 2.27. The van der Waals surface area contributed by atoms with Gasteiger partial charge in [0.25, 0.3) is 5.91 Å². The Morgan fingerprint density at radius 1 is 1.41 bits per heavy atom. The molecule has 1 heterocycles. The van der Waals surface area contributed by atoms with Crippen molar-refractivity contribution in [2.45, 2.75) is 12.5 Å². The zero-order valence-electron chi connectivity index (χ0n) is 12.4. The van der Waals surface area contributed by atoms with Crippen LogP contribution in [0.4, 0.5) is 0 Å². The minimum atomic E-state index is -0.956. The summed E-state index contributed by atoms with van der Waals surface area (Å²) >= 11 is 0. The summed E-state index contributed by atoms with van der Waals surface area (Å²) in [6.07, 6.45) is -0.134. The molecule has 7 heteroatoms. The Bertz CT molecular complexity index is 533. The zero-order chi connectivity index (χ0) is 15.9. The van der Waals surface area contributed by atoms with Crippen molar-refractivity contribution in [2.24, 2.45) is 0 Å². The van der Waals surface area contributed by atoms with Crippen molar-refractivity contribution in [1.29, 1.82) is 0 Å². The maximum absolute atomic E-state index is 12.2. The first kappa shape index (κ1) is 16.1. The van der Waals surface area contributed by atoms with E-state index in [-0.39, 0.29) is 25.5 Å². The first-order valence-electron chi connectivity index (χ1n) is 6.96. The summed E-state index contributed by atoms with van der Waals surface area (Å²) in [5.41, 5.74) is 0. The van der Waals surface area contributed by atoms with Crippen molar-refractivity contribution in [3.63, 3.8) is 0 Å². The molecule has 1 N–H and O–H groups in total. The molecule has 0 spiro atoms. The number of rotatable bonds is 6. The number of benzene rings is 1. The molecule has 120 valence electrons. The number of aliphatic carboxylic acids is 1. The standard InChI is InChI=1S/C15H19NO6/c1-20-12-3-2-4-13(8-12)22-10-14(17)16-5-6-21-9-11(16)7-15(18)19/h2-4,8,11H,5-7,9-10H2,1H3,(H,18,19). The van der Waals surface area contributed by atoms with E-state index in [0.29, 0.717) is 24.7 Å². The van der Waals surface area contributed by atoms with Gasteiger partial charge in [-0.1, -0.05) is 6.07 Å². The van der Waals surface area contributed by atoms with Crippen LogP contribution in [0.3, 0.4) is 0 Å². The maximum Gasteiger partial charge on any atom is 0.305 e. The molecule has 1 aliphatic heterocycles. The van der Waals surface area contributed by atoms with E-state index < -0.39 is 12.0 Å². The molecule has 1 atom stereocenters. The van der Waals surface area contributed by atoms with Gasteiger partial charge < -0.3 is 24.2 Å². The summed E-state index contributed by atoms with van der Waals surface area (Å²) in [4.78, 5) is 24.6. The van der Waals surface area contributed by atoms with Gasteiger partial charge in [0, 0.05) is 12.6 Å². The normalized spacial score (nSPS) is 17.9. The predicted molar refractivity (Wildman–Crippen MR) is 77.1 cm³/mol. The number of carbonyl (C=O) groups excluding carboxylic acids is 1. The van der Waals surface area contributed by atoms with Crippen LogP contribution < -0.4 is 9.47 Å². The van der Waals surface area contributed by atoms with Gasteiger partial charge in [0.1, 0.15) is 11.5 Å². The molecule has 0 saturated carbocycles. The lowest BCUT2D eigenvalue weighted by atomic mass is 10.1. The highest BCUT2D eigenvalue weighted by Gasteiger charge is 2.29. The van der Waals surface area contributed by atoms with Crippen LogP contribution in [0.25, 0.3) is 0 Å². The SMILES string of the molecule is COc1cccc(OCC(=O)N2CCOCC2CC(=O)O)c1. The molecular weight excluding hydrogens is 290 g/mol. The van der Waals surface area contributed by atoms with Crippen LogP contribution in [-0.2, 0) is 14.3 Å². The third-order valence-corrected chi connectivity index (χ3v) is 3.36. The van der Waals surface area contributed by atoms with Crippen molar-refractivity contribution in [3.8, 4) is 11.5 Å². The van der Waals surface area contributed by atoms with Crippen LogP contribution in [0.5, 0.6) is 11.5 Å². The van der Waals surface area contributed by atoms with E-state index in [0.717, 1.165) is 0 Å². The average molecular weight is 309 g/mol. The van der Waals surface area contributed by atoms with Crippen molar-refractivity contribution in [1.82, 2.24) is 4.90 Å². The molecule has 0 bridgehead atoms. The monoisotopic (exact) mass is 309 g/mol. The summed E-state index contributed by atoms with van der Waals surface area (Å²) in [7, 11) is 1.55. The number of carboxylic acids is 1. The van der Waals surface area contributed by atoms with Crippen molar-refractivity contribution < 1.29 is 28.9 Å². The third-order valence-electron chi connectivity index (χ3n) is 3.36. The summed E-state index contributed by atoms with van der Waals surface area (Å²) < 4.78 is 15.8. The molecule has 1 amide bonds. The van der Waals surface area contributed by atoms with E-state index in [4.69, 9.17) is 19.3 Å². The molecule has 1 fully saturated rings. The lowest BCUT2D eigenvalue weighted by molar-refractivity contribution is -0.147. The topological polar surface area (TPSA) is 85.3 Å². The Morgan fingerprint density at radius 2 is 2.18 bits per heavy atom. The van der Waals surface area contributed by atoms with Gasteiger partial charge in [0.2, 0.25) is 0 Å². The fourth-order valence-electron chi connectivity index (χ4n) is 2.27. The number of methoxy groups -OCH3 is 1. The number of carboxylic acid groups (broad SMARTS) is 1. The number of ether oxygens (including phenoxy) is 3. The van der Waals surface area contributed by atoms with Gasteiger partial charge in [-0.05, 0) is 12.1 Å². The summed E-state index contributed by atoms with van der Waals surface area (Å²) in [5.74, 6) is -0.0461. The molecule has 7 nitrogen and oxygen atoms in total. The Hall–Kier alpha value is -2.28. The lowest BCUT2D eigenvalue weighted by Gasteiger charge is -2.34. The number of amides is 1. The molecule has 1 aromatic carbocycles. The van der Waals surface area contributed by atoms with E-state index in [2.05, 4.69) is 0 Å². The highest BCUT2D eigenvalue weighted by atomic mass is 16.5. The maximum atomic E-state index is 12.2. The van der Waals surface area contributed by atoms with Crippen molar-refractivity contribution >= 4 is 11.9 Å². The quantitative estimate of drug-likeness (QED) is 0.835. The Balaban J connectivity index is 1.93. The number of nitrogens with zero attached hydrogens (tertiary/aromatic N) is 1. The van der Waals surface area contributed by atoms with Gasteiger partial charge in [0.15, 0.2) is 6.61 Å². The zero-order valence-corrected chi connectivity index (χ0v) is 12.4. The van der Waals surface area contributed by atoms with E-state index in [9.17, 15) is 9.59 Å². The second-order valence-electron chi connectivity index (χ2n) is 4.88. The third kappa shape index (κ3) is 4.36. The smallest absolute Gasteiger partial charge is 0.305 e. The molecule has 1 saturated heterocycles. The lowest BCUT2D eigenvalue weighted by Crippen LogP contribution is -2.51. The van der Waals surface area contributed by atoms with E-state index in [1.165, 1.54) is 4.90 Å². The van der Waals surface area contributed by atoms with Crippen LogP contribution >= 0.6 is 0 Å². The minimum Gasteiger partial charge on any atom is -0.497 e. The molecule has 22 heavy (non-hydrogen) atoms. The summed E-state index contributed by atoms with van der Waals surface area (Å²) in [6, 6.07) is 6.50. The molecule has 0 aliphatic carbocycles. The van der Waals surface area contributed by atoms with Crippen LogP contribution in [0.2, 0.25) is 0 Å². The van der Waals surface area contributed by atoms with Gasteiger partial charge in [-0.3, -0.25) is 9.59 Å². The van der Waals surface area contributed by atoms with Crippen molar-refractivity contribution in [3.05, 3.63) is 24.3 Å².